The number of nitrogens with one attached hydrogen (secondary N) is 1. The lowest BCUT2D eigenvalue weighted by Crippen LogP contribution is -2.41. The highest BCUT2D eigenvalue weighted by molar-refractivity contribution is 6.00. The number of carbonyl (C=O) groups excluding carboxylic acids is 2. The van der Waals surface area contributed by atoms with E-state index in [4.69, 9.17) is 9.47 Å². The fraction of sp³-hybridized carbons (Fsp3) is 0.600. The number of rotatable bonds is 3. The maximum Gasteiger partial charge on any atom is 0.227 e. The third-order valence-corrected chi connectivity index (χ3v) is 5.70. The Hall–Kier alpha value is -2.24. The maximum absolute atomic E-state index is 12.6. The van der Waals surface area contributed by atoms with Crippen LogP contribution in [0.1, 0.15) is 39.0 Å². The number of benzene rings is 1. The monoisotopic (exact) mass is 358 g/mol. The van der Waals surface area contributed by atoms with Crippen LogP contribution in [-0.2, 0) is 9.59 Å². The highest BCUT2D eigenvalue weighted by Gasteiger charge is 2.36. The lowest BCUT2D eigenvalue weighted by atomic mass is 9.87. The predicted molar refractivity (Wildman–Crippen MR) is 97.5 cm³/mol. The van der Waals surface area contributed by atoms with E-state index in [1.54, 1.807) is 4.90 Å². The van der Waals surface area contributed by atoms with Gasteiger partial charge in [0.1, 0.15) is 13.2 Å². The van der Waals surface area contributed by atoms with Gasteiger partial charge in [0.15, 0.2) is 11.5 Å². The van der Waals surface area contributed by atoms with Gasteiger partial charge in [-0.2, -0.15) is 0 Å². The zero-order chi connectivity index (χ0) is 18.1. The number of carbonyl (C=O) groups is 2. The molecular formula is C20H26N2O4. The molecule has 2 heterocycles. The Bertz CT molecular complexity index is 697. The Labute approximate surface area is 153 Å². The zero-order valence-electron chi connectivity index (χ0n) is 15.2. The molecule has 2 fully saturated rings. The van der Waals surface area contributed by atoms with Gasteiger partial charge in [0.05, 0.1) is 5.92 Å². The number of ether oxygens (including phenoxy) is 2. The van der Waals surface area contributed by atoms with Crippen LogP contribution >= 0.6 is 0 Å². The molecule has 0 aromatic heterocycles. The summed E-state index contributed by atoms with van der Waals surface area (Å²) < 4.78 is 11.1. The van der Waals surface area contributed by atoms with Gasteiger partial charge in [-0.15, -0.1) is 0 Å². The first kappa shape index (κ1) is 17.2. The number of hydrogen-bond donors (Lipinski definition) is 1. The second-order valence-electron chi connectivity index (χ2n) is 7.70. The molecule has 3 aliphatic rings. The van der Waals surface area contributed by atoms with Crippen LogP contribution in [0, 0.1) is 11.8 Å². The van der Waals surface area contributed by atoms with Crippen molar-refractivity contribution in [2.45, 2.75) is 45.1 Å². The lowest BCUT2D eigenvalue weighted by molar-refractivity contribution is -0.127. The van der Waals surface area contributed by atoms with Gasteiger partial charge in [-0.05, 0) is 43.7 Å². The van der Waals surface area contributed by atoms with Gasteiger partial charge in [0.2, 0.25) is 11.8 Å². The van der Waals surface area contributed by atoms with E-state index in [1.807, 2.05) is 18.2 Å². The SMILES string of the molecule is CC1CCC(NC(=O)[C@@H]2CC(=O)N(c3ccc4c(c3)OCCO4)C2)CC1. The first-order chi connectivity index (χ1) is 12.6. The molecule has 2 aliphatic heterocycles. The van der Waals surface area contributed by atoms with Gasteiger partial charge in [-0.1, -0.05) is 6.92 Å². The molecule has 4 rings (SSSR count). The third kappa shape index (κ3) is 3.50. The van der Waals surface area contributed by atoms with E-state index in [-0.39, 0.29) is 30.2 Å². The molecule has 2 amide bonds. The fourth-order valence-corrected chi connectivity index (χ4v) is 4.06. The molecule has 1 aliphatic carbocycles. The van der Waals surface area contributed by atoms with Crippen molar-refractivity contribution in [1.29, 1.82) is 0 Å². The molecule has 6 nitrogen and oxygen atoms in total. The number of nitrogens with zero attached hydrogens (tertiary/aromatic N) is 1. The second-order valence-corrected chi connectivity index (χ2v) is 7.70. The van der Waals surface area contributed by atoms with Crippen LogP contribution in [-0.4, -0.2) is 37.6 Å². The van der Waals surface area contributed by atoms with Crippen molar-refractivity contribution in [2.24, 2.45) is 11.8 Å². The highest BCUT2D eigenvalue weighted by atomic mass is 16.6. The summed E-state index contributed by atoms with van der Waals surface area (Å²) in [4.78, 5) is 26.8. The van der Waals surface area contributed by atoms with E-state index in [2.05, 4.69) is 12.2 Å². The minimum Gasteiger partial charge on any atom is -0.486 e. The van der Waals surface area contributed by atoms with E-state index >= 15 is 0 Å². The molecule has 1 saturated carbocycles. The minimum atomic E-state index is -0.282. The smallest absolute Gasteiger partial charge is 0.227 e. The molecule has 0 spiro atoms. The van der Waals surface area contributed by atoms with Crippen LogP contribution in [0.5, 0.6) is 11.5 Å². The van der Waals surface area contributed by atoms with Crippen LogP contribution < -0.4 is 19.7 Å². The van der Waals surface area contributed by atoms with E-state index < -0.39 is 0 Å². The zero-order valence-corrected chi connectivity index (χ0v) is 15.2. The largest absolute Gasteiger partial charge is 0.486 e. The van der Waals surface area contributed by atoms with Crippen molar-refractivity contribution in [3.05, 3.63) is 18.2 Å². The van der Waals surface area contributed by atoms with Gasteiger partial charge in [0.25, 0.3) is 0 Å². The van der Waals surface area contributed by atoms with E-state index in [1.165, 1.54) is 0 Å². The summed E-state index contributed by atoms with van der Waals surface area (Å²) in [6.07, 6.45) is 4.68. The third-order valence-electron chi connectivity index (χ3n) is 5.70. The summed E-state index contributed by atoms with van der Waals surface area (Å²) >= 11 is 0. The molecule has 1 aromatic carbocycles. The maximum atomic E-state index is 12.6. The van der Waals surface area contributed by atoms with Crippen LogP contribution in [0.15, 0.2) is 18.2 Å². The molecule has 0 radical (unpaired) electrons. The number of anilines is 1. The quantitative estimate of drug-likeness (QED) is 0.901. The summed E-state index contributed by atoms with van der Waals surface area (Å²) in [5.41, 5.74) is 0.765. The summed E-state index contributed by atoms with van der Waals surface area (Å²) in [5.74, 6) is 1.83. The normalized spacial score (nSPS) is 28.1. The van der Waals surface area contributed by atoms with Crippen molar-refractivity contribution in [1.82, 2.24) is 5.32 Å². The molecule has 0 unspecified atom stereocenters. The van der Waals surface area contributed by atoms with Crippen molar-refractivity contribution in [3.63, 3.8) is 0 Å². The van der Waals surface area contributed by atoms with Crippen molar-refractivity contribution in [3.8, 4) is 11.5 Å². The lowest BCUT2D eigenvalue weighted by Gasteiger charge is -2.28. The summed E-state index contributed by atoms with van der Waals surface area (Å²) in [7, 11) is 0. The Morgan fingerprint density at radius 2 is 1.85 bits per heavy atom. The average Bonchev–Trinajstić information content (AvgIpc) is 3.05. The van der Waals surface area contributed by atoms with Crippen LogP contribution in [0.4, 0.5) is 5.69 Å². The van der Waals surface area contributed by atoms with Gasteiger partial charge in [-0.3, -0.25) is 9.59 Å². The second kappa shape index (κ2) is 7.17. The Morgan fingerprint density at radius 1 is 1.12 bits per heavy atom. The van der Waals surface area contributed by atoms with Gasteiger partial charge >= 0.3 is 0 Å². The minimum absolute atomic E-state index is 0.0120. The van der Waals surface area contributed by atoms with Crippen LogP contribution in [0.3, 0.4) is 0 Å². The Balaban J connectivity index is 1.39. The first-order valence-electron chi connectivity index (χ1n) is 9.60. The predicted octanol–water partition coefficient (Wildman–Crippen LogP) is 2.51. The Kier molecular flexibility index (Phi) is 4.74. The average molecular weight is 358 g/mol. The van der Waals surface area contributed by atoms with Gasteiger partial charge < -0.3 is 19.7 Å². The van der Waals surface area contributed by atoms with Crippen molar-refractivity contribution < 1.29 is 19.1 Å². The molecule has 1 atom stereocenters. The molecule has 0 bridgehead atoms. The number of hydrogen-bond acceptors (Lipinski definition) is 4. The molecule has 1 saturated heterocycles. The molecule has 1 N–H and O–H groups in total. The van der Waals surface area contributed by atoms with Crippen molar-refractivity contribution >= 4 is 17.5 Å². The fourth-order valence-electron chi connectivity index (χ4n) is 4.06. The van der Waals surface area contributed by atoms with Crippen molar-refractivity contribution in [2.75, 3.05) is 24.7 Å². The molecular weight excluding hydrogens is 332 g/mol. The number of fused-ring (bicyclic) bond motifs is 1. The number of amides is 2. The molecule has 140 valence electrons. The molecule has 6 heteroatoms. The van der Waals surface area contributed by atoms with Gasteiger partial charge in [-0.25, -0.2) is 0 Å². The molecule has 1 aromatic rings. The summed E-state index contributed by atoms with van der Waals surface area (Å²) in [6.45, 7) is 3.74. The van der Waals surface area contributed by atoms with E-state index in [9.17, 15) is 9.59 Å². The highest BCUT2D eigenvalue weighted by Crippen LogP contribution is 2.36. The summed E-state index contributed by atoms with van der Waals surface area (Å²) in [5, 5.41) is 3.16. The van der Waals surface area contributed by atoms with Crippen LogP contribution in [0.25, 0.3) is 0 Å². The van der Waals surface area contributed by atoms with E-state index in [0.29, 0.717) is 31.3 Å². The van der Waals surface area contributed by atoms with Gasteiger partial charge in [0, 0.05) is 30.8 Å². The Morgan fingerprint density at radius 3 is 2.62 bits per heavy atom. The van der Waals surface area contributed by atoms with Crippen LogP contribution in [0.2, 0.25) is 0 Å². The van der Waals surface area contributed by atoms with E-state index in [0.717, 1.165) is 37.3 Å². The summed E-state index contributed by atoms with van der Waals surface area (Å²) in [6, 6.07) is 5.77. The standard InChI is InChI=1S/C20H26N2O4/c1-13-2-4-15(5-3-13)21-20(24)14-10-19(23)22(12-14)16-6-7-17-18(11-16)26-9-8-25-17/h6-7,11,13-15H,2-5,8-10,12H2,1H3,(H,21,24)/t13?,14-,15?/m1/s1. The topological polar surface area (TPSA) is 67.9 Å². The first-order valence-corrected chi connectivity index (χ1v) is 9.60. The molecule has 26 heavy (non-hydrogen) atoms.